The van der Waals surface area contributed by atoms with Crippen molar-refractivity contribution in [1.82, 2.24) is 0 Å². The van der Waals surface area contributed by atoms with Crippen molar-refractivity contribution in [3.63, 3.8) is 0 Å². The molecule has 0 aliphatic heterocycles. The number of carbonyl (C=O) groups excluding carboxylic acids is 2. The Labute approximate surface area is 82.0 Å². The summed E-state index contributed by atoms with van der Waals surface area (Å²) in [4.78, 5) is 23.7. The van der Waals surface area contributed by atoms with E-state index in [1.807, 2.05) is 0 Å². The summed E-state index contributed by atoms with van der Waals surface area (Å²) in [7, 11) is 0. The molecule has 9 fully saturated rings. The average Bonchev–Trinajstić information content (AvgIpc) is 2.16. The fraction of sp³-hybridized carbons (Fsp3) is 0.833. The van der Waals surface area contributed by atoms with Gasteiger partial charge in [0.25, 0.3) is 0 Å². The first kappa shape index (κ1) is 6.76. The SMILES string of the molecule is O=C1C[C@H]2[C@@H]3[C@H]4[C@H]5CC(=O)[C@@H]([C@H]1[C@H]53)[C@H]24. The van der Waals surface area contributed by atoms with Crippen LogP contribution in [0, 0.1) is 47.3 Å². The van der Waals surface area contributed by atoms with Crippen LogP contribution in [0.15, 0.2) is 0 Å². The fourth-order valence-electron chi connectivity index (χ4n) is 6.05. The van der Waals surface area contributed by atoms with Gasteiger partial charge in [0.05, 0.1) is 0 Å². The number of Topliss-reactive ketones (excluding diaryl/α,β-unsaturated/α-hetero) is 2. The Balaban J connectivity index is 1.77. The lowest BCUT2D eigenvalue weighted by atomic mass is 9.21. The minimum atomic E-state index is 0.200. The maximum Gasteiger partial charge on any atom is 0.137 e. The molecule has 2 nitrogen and oxygen atoms in total. The summed E-state index contributed by atoms with van der Waals surface area (Å²) in [5.74, 6) is 5.67. The largest absolute Gasteiger partial charge is 0.299 e. The van der Waals surface area contributed by atoms with E-state index in [1.165, 1.54) is 0 Å². The molecule has 2 heteroatoms. The van der Waals surface area contributed by atoms with Crippen LogP contribution in [0.25, 0.3) is 0 Å². The second-order valence-electron chi connectivity index (χ2n) is 6.03. The molecule has 9 aliphatic rings. The molecule has 0 amide bonds. The molecule has 8 bridgehead atoms. The second kappa shape index (κ2) is 1.62. The topological polar surface area (TPSA) is 34.1 Å². The lowest BCUT2D eigenvalue weighted by Gasteiger charge is -2.81. The third-order valence-corrected chi connectivity index (χ3v) is 6.14. The summed E-state index contributed by atoms with van der Waals surface area (Å²) in [6, 6.07) is 0. The number of hydrogen-bond donors (Lipinski definition) is 0. The maximum absolute atomic E-state index is 11.8. The number of rotatable bonds is 0. The van der Waals surface area contributed by atoms with Crippen LogP contribution in [0.4, 0.5) is 0 Å². The highest BCUT2D eigenvalue weighted by atomic mass is 16.1. The van der Waals surface area contributed by atoms with Gasteiger partial charge in [-0.15, -0.1) is 0 Å². The molecule has 0 aromatic carbocycles. The van der Waals surface area contributed by atoms with Gasteiger partial charge in [0.15, 0.2) is 0 Å². The molecule has 0 spiro atoms. The van der Waals surface area contributed by atoms with E-state index in [4.69, 9.17) is 0 Å². The van der Waals surface area contributed by atoms with Crippen molar-refractivity contribution >= 4 is 11.6 Å². The zero-order valence-corrected chi connectivity index (χ0v) is 7.85. The molecule has 9 saturated carbocycles. The number of hydrogen-bond acceptors (Lipinski definition) is 2. The van der Waals surface area contributed by atoms with E-state index in [-0.39, 0.29) is 11.8 Å². The Bertz CT molecular complexity index is 361. The molecule has 9 aliphatic carbocycles. The first-order valence-corrected chi connectivity index (χ1v) is 5.84. The van der Waals surface area contributed by atoms with Crippen LogP contribution in [0.1, 0.15) is 12.8 Å². The Morgan fingerprint density at radius 1 is 0.714 bits per heavy atom. The van der Waals surface area contributed by atoms with Crippen LogP contribution in [0.3, 0.4) is 0 Å². The summed E-state index contributed by atoms with van der Waals surface area (Å²) < 4.78 is 0. The van der Waals surface area contributed by atoms with E-state index >= 15 is 0 Å². The van der Waals surface area contributed by atoms with Gasteiger partial charge < -0.3 is 0 Å². The number of fused-ring (bicyclic) bond motifs is 2. The summed E-state index contributed by atoms with van der Waals surface area (Å²) >= 11 is 0. The van der Waals surface area contributed by atoms with E-state index < -0.39 is 0 Å². The van der Waals surface area contributed by atoms with Gasteiger partial charge in [0.1, 0.15) is 11.6 Å². The molecule has 0 N–H and O–H groups in total. The van der Waals surface area contributed by atoms with Crippen molar-refractivity contribution in [1.29, 1.82) is 0 Å². The minimum Gasteiger partial charge on any atom is -0.299 e. The Morgan fingerprint density at radius 3 is 1.57 bits per heavy atom. The molecule has 0 aromatic heterocycles. The minimum absolute atomic E-state index is 0.200. The zero-order chi connectivity index (χ0) is 9.19. The highest BCUT2D eigenvalue weighted by molar-refractivity contribution is 5.96. The molecule has 0 radical (unpaired) electrons. The molecule has 0 saturated heterocycles. The van der Waals surface area contributed by atoms with Gasteiger partial charge in [-0.1, -0.05) is 0 Å². The molecule has 0 heterocycles. The summed E-state index contributed by atoms with van der Waals surface area (Å²) in [5, 5.41) is 0. The number of carbonyl (C=O) groups is 2. The zero-order valence-electron chi connectivity index (χ0n) is 7.85. The molecule has 14 heavy (non-hydrogen) atoms. The van der Waals surface area contributed by atoms with Crippen LogP contribution in [-0.2, 0) is 9.59 Å². The first-order chi connectivity index (χ1) is 6.79. The second-order valence-corrected chi connectivity index (χ2v) is 6.03. The Hall–Kier alpha value is -0.660. The van der Waals surface area contributed by atoms with E-state index in [1.54, 1.807) is 0 Å². The van der Waals surface area contributed by atoms with Gasteiger partial charge in [-0.3, -0.25) is 9.59 Å². The van der Waals surface area contributed by atoms with Crippen molar-refractivity contribution in [2.75, 3.05) is 0 Å². The fourth-order valence-corrected chi connectivity index (χ4v) is 6.05. The molecule has 0 aromatic rings. The van der Waals surface area contributed by atoms with Crippen LogP contribution < -0.4 is 0 Å². The van der Waals surface area contributed by atoms with Gasteiger partial charge in [-0.2, -0.15) is 0 Å². The highest BCUT2D eigenvalue weighted by Crippen LogP contribution is 2.81. The Morgan fingerprint density at radius 2 is 1.14 bits per heavy atom. The quantitative estimate of drug-likeness (QED) is 0.566. The Kier molecular flexibility index (Phi) is 0.780. The van der Waals surface area contributed by atoms with Crippen molar-refractivity contribution < 1.29 is 9.59 Å². The van der Waals surface area contributed by atoms with E-state index in [9.17, 15) is 9.59 Å². The third kappa shape index (κ3) is 0.396. The molecule has 72 valence electrons. The standard InChI is InChI=1S/C12H12O2/c13-5-1-3-7-8-4-2-6(14)12(9(3)8)11(5)10(4)7/h3-4,7-12H,1-2H2/t3-,4+,7-,8-,9-,10-,11-,12-/m1/s1. The van der Waals surface area contributed by atoms with Crippen molar-refractivity contribution in [2.45, 2.75) is 12.8 Å². The average molecular weight is 188 g/mol. The smallest absolute Gasteiger partial charge is 0.137 e. The van der Waals surface area contributed by atoms with Crippen molar-refractivity contribution in [2.24, 2.45) is 47.3 Å². The van der Waals surface area contributed by atoms with E-state index in [0.717, 1.165) is 24.7 Å². The summed E-state index contributed by atoms with van der Waals surface area (Å²) in [6.45, 7) is 0. The van der Waals surface area contributed by atoms with Crippen LogP contribution in [0.5, 0.6) is 0 Å². The first-order valence-electron chi connectivity index (χ1n) is 5.84. The predicted octanol–water partition coefficient (Wildman–Crippen LogP) is 0.902. The van der Waals surface area contributed by atoms with Gasteiger partial charge in [-0.05, 0) is 35.5 Å². The molecular formula is C12H12O2. The van der Waals surface area contributed by atoms with Crippen molar-refractivity contribution in [3.05, 3.63) is 0 Å². The van der Waals surface area contributed by atoms with Crippen LogP contribution >= 0.6 is 0 Å². The van der Waals surface area contributed by atoms with Crippen LogP contribution in [0.2, 0.25) is 0 Å². The van der Waals surface area contributed by atoms with E-state index in [0.29, 0.717) is 35.2 Å². The summed E-state index contributed by atoms with van der Waals surface area (Å²) in [5.41, 5.74) is 0. The molecule has 9 rings (SSSR count). The molecular weight excluding hydrogens is 176 g/mol. The lowest BCUT2D eigenvalue weighted by molar-refractivity contribution is -0.321. The van der Waals surface area contributed by atoms with Crippen molar-refractivity contribution in [3.8, 4) is 0 Å². The maximum atomic E-state index is 11.8. The third-order valence-electron chi connectivity index (χ3n) is 6.14. The van der Waals surface area contributed by atoms with Gasteiger partial charge >= 0.3 is 0 Å². The number of ketones is 2. The lowest BCUT2D eigenvalue weighted by Crippen LogP contribution is -2.82. The van der Waals surface area contributed by atoms with Gasteiger partial charge in [-0.25, -0.2) is 0 Å². The normalized spacial score (nSPS) is 70.6. The van der Waals surface area contributed by atoms with Gasteiger partial charge in [0, 0.05) is 24.7 Å². The van der Waals surface area contributed by atoms with Gasteiger partial charge in [0.2, 0.25) is 0 Å². The van der Waals surface area contributed by atoms with E-state index in [2.05, 4.69) is 0 Å². The molecule has 0 unspecified atom stereocenters. The summed E-state index contributed by atoms with van der Waals surface area (Å²) in [6.07, 6.45) is 1.65. The van der Waals surface area contributed by atoms with Crippen LogP contribution in [-0.4, -0.2) is 11.6 Å². The predicted molar refractivity (Wildman–Crippen MR) is 47.2 cm³/mol. The highest BCUT2D eigenvalue weighted by Gasteiger charge is 2.81. The molecule has 8 atom stereocenters. The monoisotopic (exact) mass is 188 g/mol.